The standard InChI is InChI=1S/C17H24O5/c1-16(2,3)22-14(19)11-5-6-12-9-13(18)7-8-17(12,10-11)15(20)21-4/h9,11H,5-8,10H2,1-4H3. The molecule has 0 N–H and O–H groups in total. The van der Waals surface area contributed by atoms with E-state index in [1.165, 1.54) is 7.11 Å². The van der Waals surface area contributed by atoms with Crippen LogP contribution in [-0.4, -0.2) is 30.4 Å². The third-order valence-electron chi connectivity index (χ3n) is 4.42. The van der Waals surface area contributed by atoms with Gasteiger partial charge in [-0.25, -0.2) is 0 Å². The second-order valence-electron chi connectivity index (χ2n) is 7.18. The molecule has 0 amide bonds. The number of hydrogen-bond acceptors (Lipinski definition) is 5. The van der Waals surface area contributed by atoms with Crippen molar-refractivity contribution in [3.63, 3.8) is 0 Å². The van der Waals surface area contributed by atoms with Crippen molar-refractivity contribution < 1.29 is 23.9 Å². The maximum atomic E-state index is 12.4. The molecule has 2 atom stereocenters. The van der Waals surface area contributed by atoms with Crippen molar-refractivity contribution in [1.82, 2.24) is 0 Å². The van der Waals surface area contributed by atoms with Crippen LogP contribution in [0, 0.1) is 11.3 Å². The van der Waals surface area contributed by atoms with Gasteiger partial charge in [0.25, 0.3) is 0 Å². The maximum Gasteiger partial charge on any atom is 0.315 e. The minimum Gasteiger partial charge on any atom is -0.468 e. The summed E-state index contributed by atoms with van der Waals surface area (Å²) in [6, 6.07) is 0. The predicted octanol–water partition coefficient (Wildman–Crippen LogP) is 2.58. The van der Waals surface area contributed by atoms with Gasteiger partial charge in [-0.15, -0.1) is 0 Å². The Morgan fingerprint density at radius 1 is 1.27 bits per heavy atom. The predicted molar refractivity (Wildman–Crippen MR) is 80.0 cm³/mol. The summed E-state index contributed by atoms with van der Waals surface area (Å²) in [5.74, 6) is -0.903. The van der Waals surface area contributed by atoms with Crippen molar-refractivity contribution in [2.75, 3.05) is 7.11 Å². The van der Waals surface area contributed by atoms with E-state index in [-0.39, 0.29) is 23.6 Å². The third-order valence-corrected chi connectivity index (χ3v) is 4.42. The van der Waals surface area contributed by atoms with E-state index in [0.29, 0.717) is 32.1 Å². The van der Waals surface area contributed by atoms with E-state index in [1.807, 2.05) is 20.8 Å². The molecule has 2 aliphatic rings. The fourth-order valence-corrected chi connectivity index (χ4v) is 3.40. The number of ether oxygens (including phenoxy) is 2. The van der Waals surface area contributed by atoms with E-state index >= 15 is 0 Å². The summed E-state index contributed by atoms with van der Waals surface area (Å²) >= 11 is 0. The number of hydrogen-bond donors (Lipinski definition) is 0. The van der Waals surface area contributed by atoms with Crippen LogP contribution in [0.4, 0.5) is 0 Å². The summed E-state index contributed by atoms with van der Waals surface area (Å²) in [7, 11) is 1.35. The molecule has 0 aromatic rings. The van der Waals surface area contributed by atoms with Crippen molar-refractivity contribution in [2.24, 2.45) is 11.3 Å². The Morgan fingerprint density at radius 3 is 2.55 bits per heavy atom. The first-order valence-electron chi connectivity index (χ1n) is 7.73. The van der Waals surface area contributed by atoms with Crippen LogP contribution in [0.2, 0.25) is 0 Å². The van der Waals surface area contributed by atoms with Gasteiger partial charge in [0.2, 0.25) is 0 Å². The number of fused-ring (bicyclic) bond motifs is 1. The Labute approximate surface area is 131 Å². The molecule has 0 spiro atoms. The molecule has 2 rings (SSSR count). The molecule has 122 valence electrons. The van der Waals surface area contributed by atoms with Gasteiger partial charge in [0.05, 0.1) is 18.4 Å². The van der Waals surface area contributed by atoms with Crippen LogP contribution in [0.15, 0.2) is 11.6 Å². The van der Waals surface area contributed by atoms with Gasteiger partial charge < -0.3 is 9.47 Å². The fourth-order valence-electron chi connectivity index (χ4n) is 3.40. The molecule has 1 fully saturated rings. The zero-order valence-corrected chi connectivity index (χ0v) is 13.7. The molecule has 0 heterocycles. The van der Waals surface area contributed by atoms with Gasteiger partial charge in [0.1, 0.15) is 5.60 Å². The highest BCUT2D eigenvalue weighted by molar-refractivity contribution is 5.95. The van der Waals surface area contributed by atoms with Crippen molar-refractivity contribution in [2.45, 2.75) is 58.5 Å². The van der Waals surface area contributed by atoms with Crippen molar-refractivity contribution in [3.8, 4) is 0 Å². The number of esters is 2. The van der Waals surface area contributed by atoms with Gasteiger partial charge in [-0.1, -0.05) is 0 Å². The van der Waals surface area contributed by atoms with E-state index < -0.39 is 11.0 Å². The monoisotopic (exact) mass is 308 g/mol. The lowest BCUT2D eigenvalue weighted by Crippen LogP contribution is -2.44. The first kappa shape index (κ1) is 16.7. The highest BCUT2D eigenvalue weighted by atomic mass is 16.6. The zero-order valence-electron chi connectivity index (χ0n) is 13.7. The molecular weight excluding hydrogens is 284 g/mol. The molecule has 0 saturated heterocycles. The summed E-state index contributed by atoms with van der Waals surface area (Å²) in [6.07, 6.45) is 3.85. The Balaban J connectivity index is 2.25. The summed E-state index contributed by atoms with van der Waals surface area (Å²) < 4.78 is 10.4. The lowest BCUT2D eigenvalue weighted by atomic mass is 9.61. The molecule has 0 bridgehead atoms. The van der Waals surface area contributed by atoms with Gasteiger partial charge in [-0.2, -0.15) is 0 Å². The van der Waals surface area contributed by atoms with E-state index in [1.54, 1.807) is 6.08 Å². The van der Waals surface area contributed by atoms with Crippen LogP contribution in [0.5, 0.6) is 0 Å². The lowest BCUT2D eigenvalue weighted by Gasteiger charge is -2.42. The van der Waals surface area contributed by atoms with E-state index in [2.05, 4.69) is 0 Å². The fraction of sp³-hybridized carbons (Fsp3) is 0.706. The zero-order chi connectivity index (χ0) is 16.5. The molecule has 0 aliphatic heterocycles. The number of allylic oxidation sites excluding steroid dienone is 1. The average Bonchev–Trinajstić information content (AvgIpc) is 2.44. The topological polar surface area (TPSA) is 69.7 Å². The van der Waals surface area contributed by atoms with Gasteiger partial charge in [0.15, 0.2) is 5.78 Å². The highest BCUT2D eigenvalue weighted by Crippen LogP contribution is 2.50. The van der Waals surface area contributed by atoms with Crippen LogP contribution < -0.4 is 0 Å². The molecule has 22 heavy (non-hydrogen) atoms. The lowest BCUT2D eigenvalue weighted by molar-refractivity contribution is -0.164. The number of methoxy groups -OCH3 is 1. The Kier molecular flexibility index (Phi) is 4.45. The molecule has 5 heteroatoms. The number of carbonyl (C=O) groups excluding carboxylic acids is 3. The molecule has 5 nitrogen and oxygen atoms in total. The molecule has 1 saturated carbocycles. The smallest absolute Gasteiger partial charge is 0.315 e. The quantitative estimate of drug-likeness (QED) is 0.733. The van der Waals surface area contributed by atoms with Crippen molar-refractivity contribution in [1.29, 1.82) is 0 Å². The summed E-state index contributed by atoms with van der Waals surface area (Å²) in [5.41, 5.74) is -0.563. The van der Waals surface area contributed by atoms with Gasteiger partial charge in [-0.05, 0) is 58.1 Å². The second kappa shape index (κ2) is 5.86. The first-order chi connectivity index (χ1) is 10.2. The van der Waals surface area contributed by atoms with Crippen LogP contribution in [0.3, 0.4) is 0 Å². The van der Waals surface area contributed by atoms with Crippen LogP contribution in [0.25, 0.3) is 0 Å². The van der Waals surface area contributed by atoms with Crippen LogP contribution >= 0.6 is 0 Å². The second-order valence-corrected chi connectivity index (χ2v) is 7.18. The summed E-state index contributed by atoms with van der Waals surface area (Å²) in [4.78, 5) is 36.4. The maximum absolute atomic E-state index is 12.4. The summed E-state index contributed by atoms with van der Waals surface area (Å²) in [5, 5.41) is 0. The van der Waals surface area contributed by atoms with E-state index in [9.17, 15) is 14.4 Å². The molecule has 0 aromatic heterocycles. The number of ketones is 1. The molecule has 2 aliphatic carbocycles. The number of rotatable bonds is 2. The minimum absolute atomic E-state index is 0.0465. The van der Waals surface area contributed by atoms with E-state index in [4.69, 9.17) is 9.47 Å². The minimum atomic E-state index is -0.831. The normalized spacial score (nSPS) is 28.5. The Hall–Kier alpha value is -1.65. The molecule has 0 radical (unpaired) electrons. The first-order valence-corrected chi connectivity index (χ1v) is 7.73. The largest absolute Gasteiger partial charge is 0.468 e. The molecule has 2 unspecified atom stereocenters. The average molecular weight is 308 g/mol. The van der Waals surface area contributed by atoms with Gasteiger partial charge >= 0.3 is 11.9 Å². The Bertz CT molecular complexity index is 526. The SMILES string of the molecule is COC(=O)C12CCC(=O)C=C1CCC(C(=O)OC(C)(C)C)C2. The van der Waals surface area contributed by atoms with Gasteiger partial charge in [0, 0.05) is 6.42 Å². The highest BCUT2D eigenvalue weighted by Gasteiger charge is 2.51. The molecule has 0 aromatic carbocycles. The third kappa shape index (κ3) is 3.23. The Morgan fingerprint density at radius 2 is 1.95 bits per heavy atom. The van der Waals surface area contributed by atoms with Crippen molar-refractivity contribution >= 4 is 17.7 Å². The van der Waals surface area contributed by atoms with Crippen LogP contribution in [0.1, 0.15) is 52.9 Å². The van der Waals surface area contributed by atoms with Crippen molar-refractivity contribution in [3.05, 3.63) is 11.6 Å². The van der Waals surface area contributed by atoms with Gasteiger partial charge in [-0.3, -0.25) is 14.4 Å². The summed E-state index contributed by atoms with van der Waals surface area (Å²) in [6.45, 7) is 5.48. The van der Waals surface area contributed by atoms with Crippen LogP contribution in [-0.2, 0) is 23.9 Å². The molecular formula is C17H24O5. The van der Waals surface area contributed by atoms with E-state index in [0.717, 1.165) is 5.57 Å². The number of carbonyl (C=O) groups is 3.